The lowest BCUT2D eigenvalue weighted by Crippen LogP contribution is -1.82. The van der Waals surface area contributed by atoms with E-state index in [1.807, 2.05) is 0 Å². The van der Waals surface area contributed by atoms with Crippen LogP contribution in [0, 0.1) is 0 Å². The van der Waals surface area contributed by atoms with Gasteiger partial charge in [-0.15, -0.1) is 0 Å². The van der Waals surface area contributed by atoms with Crippen molar-refractivity contribution < 1.29 is 0 Å². The molecule has 0 radical (unpaired) electrons. The fraction of sp³-hybridized carbons (Fsp3) is 0.852. The molecule has 0 unspecified atom stereocenters. The maximum Gasteiger partial charge on any atom is -0.0351 e. The first-order chi connectivity index (χ1) is 13.4. The first-order valence-electron chi connectivity index (χ1n) is 12.7. The van der Waals surface area contributed by atoms with E-state index < -0.39 is 0 Å². The van der Waals surface area contributed by atoms with Gasteiger partial charge in [-0.25, -0.2) is 0 Å². The maximum absolute atomic E-state index is 2.43. The summed E-state index contributed by atoms with van der Waals surface area (Å²) < 4.78 is 0. The van der Waals surface area contributed by atoms with Gasteiger partial charge in [0.15, 0.2) is 0 Å². The lowest BCUT2D eigenvalue weighted by Gasteiger charge is -2.01. The lowest BCUT2D eigenvalue weighted by molar-refractivity contribution is 0.550. The van der Waals surface area contributed by atoms with Gasteiger partial charge in [0.1, 0.15) is 0 Å². The highest BCUT2D eigenvalue weighted by molar-refractivity contribution is 4.84. The van der Waals surface area contributed by atoms with E-state index in [2.05, 4.69) is 38.2 Å². The van der Waals surface area contributed by atoms with Crippen molar-refractivity contribution in [2.45, 2.75) is 149 Å². The Labute approximate surface area is 173 Å². The van der Waals surface area contributed by atoms with E-state index in [1.54, 1.807) is 0 Å². The highest BCUT2D eigenvalue weighted by Crippen LogP contribution is 2.12. The zero-order valence-electron chi connectivity index (χ0n) is 19.2. The second-order valence-electron chi connectivity index (χ2n) is 8.40. The molecule has 0 aromatic carbocycles. The predicted molar refractivity (Wildman–Crippen MR) is 127 cm³/mol. The van der Waals surface area contributed by atoms with Gasteiger partial charge >= 0.3 is 0 Å². The molecule has 160 valence electrons. The summed E-state index contributed by atoms with van der Waals surface area (Å²) in [6, 6.07) is 0. The molecule has 0 amide bonds. The molecule has 0 aliphatic rings. The second kappa shape index (κ2) is 25.5. The van der Waals surface area contributed by atoms with Gasteiger partial charge < -0.3 is 0 Å². The van der Waals surface area contributed by atoms with Gasteiger partial charge in [0.2, 0.25) is 0 Å². The average Bonchev–Trinajstić information content (AvgIpc) is 2.68. The van der Waals surface area contributed by atoms with Crippen molar-refractivity contribution in [3.05, 3.63) is 24.3 Å². The highest BCUT2D eigenvalue weighted by atomic mass is 14.0. The minimum atomic E-state index is 1.28. The molecule has 0 saturated heterocycles. The molecule has 0 rings (SSSR count). The van der Waals surface area contributed by atoms with Crippen LogP contribution in [0.15, 0.2) is 24.3 Å². The number of unbranched alkanes of at least 4 members (excludes halogenated alkanes) is 18. The van der Waals surface area contributed by atoms with Crippen LogP contribution in [-0.4, -0.2) is 0 Å². The third-order valence-electron chi connectivity index (χ3n) is 5.52. The molecule has 0 nitrogen and oxygen atoms in total. The van der Waals surface area contributed by atoms with E-state index in [4.69, 9.17) is 0 Å². The van der Waals surface area contributed by atoms with E-state index in [-0.39, 0.29) is 0 Å². The summed E-state index contributed by atoms with van der Waals surface area (Å²) >= 11 is 0. The molecule has 0 fully saturated rings. The Morgan fingerprint density at radius 2 is 0.519 bits per heavy atom. The summed E-state index contributed by atoms with van der Waals surface area (Å²) in [5, 5.41) is 0. The number of hydrogen-bond donors (Lipinski definition) is 0. The fourth-order valence-electron chi connectivity index (χ4n) is 3.61. The minimum Gasteiger partial charge on any atom is -0.0885 e. The molecule has 0 aromatic rings. The van der Waals surface area contributed by atoms with Crippen molar-refractivity contribution in [3.63, 3.8) is 0 Å². The fourth-order valence-corrected chi connectivity index (χ4v) is 3.61. The SMILES string of the molecule is CCCCCC/C=C\CCCC/C=C\CCCCCCCCCCCCC. The largest absolute Gasteiger partial charge is 0.0885 e. The summed E-state index contributed by atoms with van der Waals surface area (Å²) in [6.45, 7) is 4.58. The van der Waals surface area contributed by atoms with Crippen LogP contribution in [0.4, 0.5) is 0 Å². The van der Waals surface area contributed by atoms with Gasteiger partial charge in [-0.3, -0.25) is 0 Å². The monoisotopic (exact) mass is 376 g/mol. The molecule has 0 aliphatic heterocycles. The van der Waals surface area contributed by atoms with E-state index in [9.17, 15) is 0 Å². The van der Waals surface area contributed by atoms with E-state index in [0.717, 1.165) is 0 Å². The molecule has 0 N–H and O–H groups in total. The Hall–Kier alpha value is -0.520. The van der Waals surface area contributed by atoms with Gasteiger partial charge in [-0.05, 0) is 51.4 Å². The Kier molecular flexibility index (Phi) is 25.0. The van der Waals surface area contributed by atoms with Gasteiger partial charge in [0.05, 0.1) is 0 Å². The Morgan fingerprint density at radius 1 is 0.296 bits per heavy atom. The van der Waals surface area contributed by atoms with Crippen molar-refractivity contribution >= 4 is 0 Å². The summed E-state index contributed by atoms with van der Waals surface area (Å²) in [5.74, 6) is 0. The average molecular weight is 377 g/mol. The summed E-state index contributed by atoms with van der Waals surface area (Å²) in [7, 11) is 0. The van der Waals surface area contributed by atoms with Crippen LogP contribution in [0.3, 0.4) is 0 Å². The first-order valence-corrected chi connectivity index (χ1v) is 12.7. The van der Waals surface area contributed by atoms with Crippen LogP contribution < -0.4 is 0 Å². The van der Waals surface area contributed by atoms with Crippen LogP contribution in [0.2, 0.25) is 0 Å². The van der Waals surface area contributed by atoms with Gasteiger partial charge in [0, 0.05) is 0 Å². The molecule has 27 heavy (non-hydrogen) atoms. The van der Waals surface area contributed by atoms with E-state index in [0.29, 0.717) is 0 Å². The molecule has 0 aliphatic carbocycles. The quantitative estimate of drug-likeness (QED) is 0.130. The van der Waals surface area contributed by atoms with Crippen molar-refractivity contribution in [2.75, 3.05) is 0 Å². The molecular formula is C27H52. The third kappa shape index (κ3) is 25.5. The molecule has 0 atom stereocenters. The minimum absolute atomic E-state index is 1.28. The third-order valence-corrected chi connectivity index (χ3v) is 5.52. The first kappa shape index (κ1) is 26.5. The Balaban J connectivity index is 3.11. The van der Waals surface area contributed by atoms with Crippen molar-refractivity contribution in [1.82, 2.24) is 0 Å². The topological polar surface area (TPSA) is 0 Å². The standard InChI is InChI=1S/C27H52/c1-3-5-7-9-11-13-15-17-19-21-23-25-27-26-24-22-20-18-16-14-12-10-8-6-4-2/h13,15,25,27H,3-12,14,16-24,26H2,1-2H3/b15-13-,27-25-. The molecular weight excluding hydrogens is 324 g/mol. The van der Waals surface area contributed by atoms with Crippen molar-refractivity contribution in [2.24, 2.45) is 0 Å². The normalized spacial score (nSPS) is 11.9. The van der Waals surface area contributed by atoms with Gasteiger partial charge in [0.25, 0.3) is 0 Å². The van der Waals surface area contributed by atoms with E-state index in [1.165, 1.54) is 135 Å². The molecule has 0 aromatic heterocycles. The molecule has 0 heteroatoms. The van der Waals surface area contributed by atoms with Crippen LogP contribution >= 0.6 is 0 Å². The number of rotatable bonds is 22. The molecule has 0 bridgehead atoms. The van der Waals surface area contributed by atoms with Crippen LogP contribution in [-0.2, 0) is 0 Å². The Bertz CT molecular complexity index is 299. The molecule has 0 saturated carbocycles. The van der Waals surface area contributed by atoms with Crippen LogP contribution in [0.1, 0.15) is 149 Å². The summed E-state index contributed by atoms with van der Waals surface area (Å²) in [4.78, 5) is 0. The number of hydrogen-bond acceptors (Lipinski definition) is 0. The summed E-state index contributed by atoms with van der Waals surface area (Å²) in [5.41, 5.74) is 0. The molecule has 0 spiro atoms. The Morgan fingerprint density at radius 3 is 0.852 bits per heavy atom. The zero-order chi connectivity index (χ0) is 19.7. The zero-order valence-corrected chi connectivity index (χ0v) is 19.2. The van der Waals surface area contributed by atoms with Crippen LogP contribution in [0.5, 0.6) is 0 Å². The predicted octanol–water partition coefficient (Wildman–Crippen LogP) is 10.3. The second-order valence-corrected chi connectivity index (χ2v) is 8.40. The summed E-state index contributed by atoms with van der Waals surface area (Å²) in [6.07, 6.45) is 38.9. The lowest BCUT2D eigenvalue weighted by atomic mass is 10.1. The van der Waals surface area contributed by atoms with Crippen molar-refractivity contribution in [1.29, 1.82) is 0 Å². The van der Waals surface area contributed by atoms with Gasteiger partial charge in [-0.2, -0.15) is 0 Å². The van der Waals surface area contributed by atoms with Gasteiger partial charge in [-0.1, -0.05) is 122 Å². The van der Waals surface area contributed by atoms with Crippen LogP contribution in [0.25, 0.3) is 0 Å². The maximum atomic E-state index is 2.43. The molecule has 0 heterocycles. The smallest absolute Gasteiger partial charge is 0.0351 e. The highest BCUT2D eigenvalue weighted by Gasteiger charge is 1.92. The van der Waals surface area contributed by atoms with Crippen molar-refractivity contribution in [3.8, 4) is 0 Å². The van der Waals surface area contributed by atoms with E-state index >= 15 is 0 Å². The number of allylic oxidation sites excluding steroid dienone is 4.